The van der Waals surface area contributed by atoms with Crippen LogP contribution in [0, 0.1) is 23.0 Å². The lowest BCUT2D eigenvalue weighted by atomic mass is 10.1. The lowest BCUT2D eigenvalue weighted by Gasteiger charge is -2.22. The number of aryl methyl sites for hydroxylation is 1. The van der Waals surface area contributed by atoms with Crippen LogP contribution in [-0.4, -0.2) is 29.7 Å². The van der Waals surface area contributed by atoms with Crippen LogP contribution in [0.25, 0.3) is 0 Å². The van der Waals surface area contributed by atoms with Gasteiger partial charge in [0.1, 0.15) is 12.0 Å². The Morgan fingerprint density at radius 2 is 2.22 bits per heavy atom. The standard InChI is InChI=1S/C12H19N3O3/c1-8(2)11(7-18-4)14-12-9(3)5-10(6-13-12)15(16)17/h5-6,8,11H,7H2,1-4H3,(H,13,14). The van der Waals surface area contributed by atoms with Crippen LogP contribution in [0.3, 0.4) is 0 Å². The van der Waals surface area contributed by atoms with Crippen LogP contribution in [0.5, 0.6) is 0 Å². The summed E-state index contributed by atoms with van der Waals surface area (Å²) in [4.78, 5) is 14.3. The highest BCUT2D eigenvalue weighted by Crippen LogP contribution is 2.20. The van der Waals surface area contributed by atoms with Gasteiger partial charge in [0.25, 0.3) is 5.69 Å². The van der Waals surface area contributed by atoms with Gasteiger partial charge in [-0.1, -0.05) is 13.8 Å². The smallest absolute Gasteiger partial charge is 0.287 e. The molecule has 18 heavy (non-hydrogen) atoms. The first kappa shape index (κ1) is 14.4. The zero-order chi connectivity index (χ0) is 13.7. The molecular weight excluding hydrogens is 234 g/mol. The largest absolute Gasteiger partial charge is 0.383 e. The number of anilines is 1. The van der Waals surface area contributed by atoms with E-state index in [2.05, 4.69) is 24.1 Å². The van der Waals surface area contributed by atoms with Crippen LogP contribution in [-0.2, 0) is 4.74 Å². The van der Waals surface area contributed by atoms with E-state index in [1.807, 2.05) is 0 Å². The van der Waals surface area contributed by atoms with Gasteiger partial charge in [0.15, 0.2) is 0 Å². The van der Waals surface area contributed by atoms with Gasteiger partial charge in [-0.15, -0.1) is 0 Å². The Morgan fingerprint density at radius 3 is 2.67 bits per heavy atom. The van der Waals surface area contributed by atoms with Crippen molar-refractivity contribution >= 4 is 11.5 Å². The molecule has 0 radical (unpaired) electrons. The Bertz CT molecular complexity index is 421. The second-order valence-electron chi connectivity index (χ2n) is 4.57. The van der Waals surface area contributed by atoms with Crippen molar-refractivity contribution in [2.24, 2.45) is 5.92 Å². The quantitative estimate of drug-likeness (QED) is 0.622. The molecule has 0 saturated heterocycles. The van der Waals surface area contributed by atoms with Crippen molar-refractivity contribution in [2.45, 2.75) is 26.8 Å². The predicted molar refractivity (Wildman–Crippen MR) is 69.8 cm³/mol. The van der Waals surface area contributed by atoms with Crippen molar-refractivity contribution in [3.05, 3.63) is 27.9 Å². The molecule has 6 heteroatoms. The SMILES string of the molecule is COCC(Nc1ncc([N+](=O)[O-])cc1C)C(C)C. The van der Waals surface area contributed by atoms with Crippen LogP contribution >= 0.6 is 0 Å². The van der Waals surface area contributed by atoms with E-state index >= 15 is 0 Å². The fourth-order valence-corrected chi connectivity index (χ4v) is 1.57. The van der Waals surface area contributed by atoms with Crippen molar-refractivity contribution in [3.8, 4) is 0 Å². The number of ether oxygens (including phenoxy) is 1. The lowest BCUT2D eigenvalue weighted by molar-refractivity contribution is -0.385. The summed E-state index contributed by atoms with van der Waals surface area (Å²) in [7, 11) is 1.65. The van der Waals surface area contributed by atoms with Crippen LogP contribution in [0.15, 0.2) is 12.3 Å². The monoisotopic (exact) mass is 253 g/mol. The van der Waals surface area contributed by atoms with E-state index in [1.54, 1.807) is 14.0 Å². The van der Waals surface area contributed by atoms with Crippen molar-refractivity contribution < 1.29 is 9.66 Å². The summed E-state index contributed by atoms with van der Waals surface area (Å²) in [6.07, 6.45) is 1.26. The first-order valence-corrected chi connectivity index (χ1v) is 5.82. The third kappa shape index (κ3) is 3.66. The van der Waals surface area contributed by atoms with E-state index in [0.717, 1.165) is 5.56 Å². The molecular formula is C12H19N3O3. The topological polar surface area (TPSA) is 77.3 Å². The maximum absolute atomic E-state index is 10.6. The second kappa shape index (κ2) is 6.30. The van der Waals surface area contributed by atoms with Crippen molar-refractivity contribution in [3.63, 3.8) is 0 Å². The van der Waals surface area contributed by atoms with Crippen molar-refractivity contribution in [2.75, 3.05) is 19.0 Å². The molecule has 1 N–H and O–H groups in total. The van der Waals surface area contributed by atoms with E-state index in [4.69, 9.17) is 4.74 Å². The summed E-state index contributed by atoms with van der Waals surface area (Å²) >= 11 is 0. The third-order valence-electron chi connectivity index (χ3n) is 2.75. The summed E-state index contributed by atoms with van der Waals surface area (Å²) in [5.74, 6) is 1.04. The Hall–Kier alpha value is -1.69. The van der Waals surface area contributed by atoms with Gasteiger partial charge in [-0.05, 0) is 18.4 Å². The Kier molecular flexibility index (Phi) is 5.03. The molecule has 0 aliphatic rings. The van der Waals surface area contributed by atoms with Crippen LogP contribution < -0.4 is 5.32 Å². The fourth-order valence-electron chi connectivity index (χ4n) is 1.57. The highest BCUT2D eigenvalue weighted by atomic mass is 16.6. The van der Waals surface area contributed by atoms with E-state index in [1.165, 1.54) is 12.3 Å². The predicted octanol–water partition coefficient (Wildman–Crippen LogP) is 2.38. The summed E-state index contributed by atoms with van der Waals surface area (Å²) < 4.78 is 5.14. The highest BCUT2D eigenvalue weighted by Gasteiger charge is 2.16. The first-order valence-electron chi connectivity index (χ1n) is 5.82. The van der Waals surface area contributed by atoms with E-state index in [0.29, 0.717) is 18.3 Å². The van der Waals surface area contributed by atoms with Gasteiger partial charge in [0.05, 0.1) is 17.6 Å². The van der Waals surface area contributed by atoms with E-state index < -0.39 is 4.92 Å². The average Bonchev–Trinajstić information content (AvgIpc) is 2.30. The van der Waals surface area contributed by atoms with Gasteiger partial charge >= 0.3 is 0 Å². The molecule has 1 aromatic rings. The molecule has 0 bridgehead atoms. The van der Waals surface area contributed by atoms with E-state index in [-0.39, 0.29) is 11.7 Å². The molecule has 1 atom stereocenters. The molecule has 1 heterocycles. The zero-order valence-corrected chi connectivity index (χ0v) is 11.1. The summed E-state index contributed by atoms with van der Waals surface area (Å²) in [5, 5.41) is 13.9. The van der Waals surface area contributed by atoms with Gasteiger partial charge in [0, 0.05) is 13.2 Å². The minimum Gasteiger partial charge on any atom is -0.383 e. The fraction of sp³-hybridized carbons (Fsp3) is 0.583. The minimum absolute atomic E-state index is 0.00545. The maximum Gasteiger partial charge on any atom is 0.287 e. The average molecular weight is 253 g/mol. The Morgan fingerprint density at radius 1 is 1.56 bits per heavy atom. The molecule has 6 nitrogen and oxygen atoms in total. The molecule has 0 spiro atoms. The number of nitrogens with one attached hydrogen (secondary N) is 1. The van der Waals surface area contributed by atoms with Gasteiger partial charge in [0.2, 0.25) is 0 Å². The molecule has 1 aromatic heterocycles. The van der Waals surface area contributed by atoms with Crippen molar-refractivity contribution in [1.29, 1.82) is 0 Å². The van der Waals surface area contributed by atoms with Gasteiger partial charge in [-0.2, -0.15) is 0 Å². The number of hydrogen-bond acceptors (Lipinski definition) is 5. The van der Waals surface area contributed by atoms with Crippen LogP contribution in [0.4, 0.5) is 11.5 Å². The number of nitrogens with zero attached hydrogens (tertiary/aromatic N) is 2. The molecule has 1 rings (SSSR count). The molecule has 0 saturated carbocycles. The number of methoxy groups -OCH3 is 1. The molecule has 1 unspecified atom stereocenters. The van der Waals surface area contributed by atoms with Crippen molar-refractivity contribution in [1.82, 2.24) is 4.98 Å². The molecule has 0 aliphatic heterocycles. The second-order valence-corrected chi connectivity index (χ2v) is 4.57. The zero-order valence-electron chi connectivity index (χ0n) is 11.1. The molecule has 0 aliphatic carbocycles. The van der Waals surface area contributed by atoms with Crippen LogP contribution in [0.2, 0.25) is 0 Å². The maximum atomic E-state index is 10.6. The molecule has 0 amide bonds. The Balaban J connectivity index is 2.86. The third-order valence-corrected chi connectivity index (χ3v) is 2.75. The summed E-state index contributed by atoms with van der Waals surface area (Å²) in [5.41, 5.74) is 0.761. The molecule has 100 valence electrons. The number of pyridine rings is 1. The molecule has 0 aromatic carbocycles. The lowest BCUT2D eigenvalue weighted by Crippen LogP contribution is -2.31. The van der Waals surface area contributed by atoms with Gasteiger partial charge in [-0.25, -0.2) is 4.98 Å². The summed E-state index contributed by atoms with van der Waals surface area (Å²) in [6, 6.07) is 1.64. The minimum atomic E-state index is -0.446. The number of aromatic nitrogens is 1. The Labute approximate surface area is 107 Å². The number of rotatable bonds is 6. The first-order chi connectivity index (χ1) is 8.45. The summed E-state index contributed by atoms with van der Waals surface area (Å²) in [6.45, 7) is 6.52. The van der Waals surface area contributed by atoms with Crippen LogP contribution in [0.1, 0.15) is 19.4 Å². The normalized spacial score (nSPS) is 12.5. The molecule has 0 fully saturated rings. The number of nitro groups is 1. The highest BCUT2D eigenvalue weighted by molar-refractivity contribution is 5.48. The van der Waals surface area contributed by atoms with Gasteiger partial charge < -0.3 is 10.1 Å². The van der Waals surface area contributed by atoms with E-state index in [9.17, 15) is 10.1 Å². The van der Waals surface area contributed by atoms with Gasteiger partial charge in [-0.3, -0.25) is 10.1 Å². The number of hydrogen-bond donors (Lipinski definition) is 1.